The van der Waals surface area contributed by atoms with Crippen molar-refractivity contribution >= 4 is 0 Å². The van der Waals surface area contributed by atoms with Crippen LogP contribution < -0.4 is 5.32 Å². The Bertz CT molecular complexity index is 1000. The molecule has 6 nitrogen and oxygen atoms in total. The second kappa shape index (κ2) is 9.00. The fraction of sp³-hybridized carbons (Fsp3) is 0.500. The minimum Gasteiger partial charge on any atom is -0.375 e. The van der Waals surface area contributed by atoms with E-state index in [1.807, 2.05) is 30.5 Å². The van der Waals surface area contributed by atoms with Gasteiger partial charge in [-0.1, -0.05) is 18.2 Å². The van der Waals surface area contributed by atoms with Gasteiger partial charge in [0.2, 0.25) is 0 Å². The second-order valence-corrected chi connectivity index (χ2v) is 9.79. The molecule has 166 valence electrons. The summed E-state index contributed by atoms with van der Waals surface area (Å²) in [6.07, 6.45) is 4.89. The van der Waals surface area contributed by atoms with Gasteiger partial charge in [0, 0.05) is 19.3 Å². The van der Waals surface area contributed by atoms with Gasteiger partial charge in [-0.3, -0.25) is 15.2 Å². The summed E-state index contributed by atoms with van der Waals surface area (Å²) in [5.74, 6) is 0. The molecule has 1 aromatic heterocycles. The molecule has 2 aliphatic rings. The van der Waals surface area contributed by atoms with Crippen LogP contribution in [0.25, 0.3) is 0 Å². The molecule has 1 atom stereocenters. The molecule has 6 heteroatoms. The molecule has 32 heavy (non-hydrogen) atoms. The van der Waals surface area contributed by atoms with Crippen molar-refractivity contribution < 1.29 is 4.74 Å². The Morgan fingerprint density at radius 3 is 2.53 bits per heavy atom. The molecule has 0 spiro atoms. The summed E-state index contributed by atoms with van der Waals surface area (Å²) in [7, 11) is 0. The molecule has 2 fully saturated rings. The molecule has 0 unspecified atom stereocenters. The van der Waals surface area contributed by atoms with E-state index >= 15 is 0 Å². The van der Waals surface area contributed by atoms with Gasteiger partial charge in [0.25, 0.3) is 0 Å². The Morgan fingerprint density at radius 1 is 1.16 bits per heavy atom. The SMILES string of the molecule is CC(C)(c1ccccn1)N1CC[C@@](CCc2ccc(C#N)cc2)(CNC2(C#N)COC2)C1. The number of nitrogens with zero attached hydrogens (tertiary/aromatic N) is 4. The largest absolute Gasteiger partial charge is 0.375 e. The topological polar surface area (TPSA) is 85.0 Å². The zero-order valence-corrected chi connectivity index (χ0v) is 19.0. The summed E-state index contributed by atoms with van der Waals surface area (Å²) in [6.45, 7) is 8.13. The molecule has 0 amide bonds. The van der Waals surface area contributed by atoms with Crippen molar-refractivity contribution in [2.24, 2.45) is 5.41 Å². The molecule has 2 aliphatic heterocycles. The van der Waals surface area contributed by atoms with Crippen molar-refractivity contribution in [1.82, 2.24) is 15.2 Å². The number of likely N-dealkylation sites (tertiary alicyclic amines) is 1. The fourth-order valence-corrected chi connectivity index (χ4v) is 4.76. The lowest BCUT2D eigenvalue weighted by Crippen LogP contribution is -2.61. The Hall–Kier alpha value is -2.77. The van der Waals surface area contributed by atoms with Crippen molar-refractivity contribution in [3.8, 4) is 12.1 Å². The molecule has 0 bridgehead atoms. The standard InChI is InChI=1S/C26H31N5O/c1-24(2,23-5-3-4-13-29-23)31-14-12-25(18-31,17-30-26(16-28)19-32-20-26)11-10-21-6-8-22(15-27)9-7-21/h3-9,13,30H,10-12,14,17-20H2,1-2H3/t25-/m0/s1. The summed E-state index contributed by atoms with van der Waals surface area (Å²) in [5, 5.41) is 22.3. The van der Waals surface area contributed by atoms with Crippen molar-refractivity contribution in [3.05, 3.63) is 65.5 Å². The van der Waals surface area contributed by atoms with Crippen LogP contribution in [0.15, 0.2) is 48.7 Å². The summed E-state index contributed by atoms with van der Waals surface area (Å²) in [6, 6.07) is 18.6. The molecule has 3 heterocycles. The Labute approximate surface area is 190 Å². The molecule has 0 aliphatic carbocycles. The van der Waals surface area contributed by atoms with Gasteiger partial charge in [0.05, 0.1) is 42.1 Å². The summed E-state index contributed by atoms with van der Waals surface area (Å²) in [5.41, 5.74) is 2.36. The van der Waals surface area contributed by atoms with E-state index < -0.39 is 5.54 Å². The van der Waals surface area contributed by atoms with E-state index in [2.05, 4.69) is 59.4 Å². The molecular formula is C26H31N5O. The van der Waals surface area contributed by atoms with E-state index in [4.69, 9.17) is 10.00 Å². The zero-order chi connectivity index (χ0) is 22.7. The van der Waals surface area contributed by atoms with Crippen molar-refractivity contribution in [2.75, 3.05) is 32.8 Å². The Kier molecular flexibility index (Phi) is 6.31. The Balaban J connectivity index is 1.51. The molecule has 0 radical (unpaired) electrons. The number of hydrogen-bond acceptors (Lipinski definition) is 6. The van der Waals surface area contributed by atoms with Gasteiger partial charge in [0.15, 0.2) is 5.54 Å². The van der Waals surface area contributed by atoms with E-state index in [0.29, 0.717) is 18.8 Å². The summed E-state index contributed by atoms with van der Waals surface area (Å²) >= 11 is 0. The van der Waals surface area contributed by atoms with Gasteiger partial charge in [-0.05, 0) is 74.9 Å². The predicted octanol–water partition coefficient (Wildman–Crippen LogP) is 3.40. The number of rotatable bonds is 8. The van der Waals surface area contributed by atoms with Crippen LogP contribution in [0.5, 0.6) is 0 Å². The van der Waals surface area contributed by atoms with Crippen LogP contribution >= 0.6 is 0 Å². The first kappa shape index (κ1) is 22.4. The highest BCUT2D eigenvalue weighted by atomic mass is 16.5. The number of hydrogen-bond donors (Lipinski definition) is 1. The van der Waals surface area contributed by atoms with Crippen LogP contribution in [0.1, 0.15) is 43.5 Å². The predicted molar refractivity (Wildman–Crippen MR) is 123 cm³/mol. The third kappa shape index (κ3) is 4.54. The number of ether oxygens (including phenoxy) is 1. The maximum absolute atomic E-state index is 9.64. The van der Waals surface area contributed by atoms with E-state index in [-0.39, 0.29) is 11.0 Å². The normalized spacial score (nSPS) is 22.6. The second-order valence-electron chi connectivity index (χ2n) is 9.79. The summed E-state index contributed by atoms with van der Waals surface area (Å²) in [4.78, 5) is 7.16. The van der Waals surface area contributed by atoms with Crippen LogP contribution in [0.4, 0.5) is 0 Å². The van der Waals surface area contributed by atoms with Crippen LogP contribution in [0.2, 0.25) is 0 Å². The highest BCUT2D eigenvalue weighted by Crippen LogP contribution is 2.41. The number of aromatic nitrogens is 1. The van der Waals surface area contributed by atoms with Gasteiger partial charge in [-0.2, -0.15) is 10.5 Å². The average Bonchev–Trinajstić information content (AvgIpc) is 3.24. The molecule has 2 saturated heterocycles. The molecule has 0 saturated carbocycles. The van der Waals surface area contributed by atoms with E-state index in [1.165, 1.54) is 5.56 Å². The molecular weight excluding hydrogens is 398 g/mol. The smallest absolute Gasteiger partial charge is 0.153 e. The number of nitriles is 2. The van der Waals surface area contributed by atoms with Gasteiger partial charge in [-0.25, -0.2) is 0 Å². The summed E-state index contributed by atoms with van der Waals surface area (Å²) < 4.78 is 5.33. The quantitative estimate of drug-likeness (QED) is 0.692. The number of pyridine rings is 1. The lowest BCUT2D eigenvalue weighted by Gasteiger charge is -2.41. The molecule has 2 aromatic rings. The first-order valence-electron chi connectivity index (χ1n) is 11.3. The first-order valence-corrected chi connectivity index (χ1v) is 11.3. The Morgan fingerprint density at radius 2 is 1.94 bits per heavy atom. The number of aryl methyl sites for hydroxylation is 1. The van der Waals surface area contributed by atoms with Crippen molar-refractivity contribution in [2.45, 2.75) is 44.2 Å². The van der Waals surface area contributed by atoms with Crippen LogP contribution in [0.3, 0.4) is 0 Å². The van der Waals surface area contributed by atoms with Gasteiger partial charge >= 0.3 is 0 Å². The average molecular weight is 430 g/mol. The minimum absolute atomic E-state index is 0.0550. The maximum atomic E-state index is 9.64. The highest BCUT2D eigenvalue weighted by Gasteiger charge is 2.46. The van der Waals surface area contributed by atoms with Crippen molar-refractivity contribution in [3.63, 3.8) is 0 Å². The molecule has 1 N–H and O–H groups in total. The minimum atomic E-state index is -0.550. The van der Waals surface area contributed by atoms with Crippen molar-refractivity contribution in [1.29, 1.82) is 10.5 Å². The third-order valence-corrected chi connectivity index (χ3v) is 7.26. The lowest BCUT2D eigenvalue weighted by atomic mass is 9.80. The number of nitrogens with one attached hydrogen (secondary N) is 1. The third-order valence-electron chi connectivity index (χ3n) is 7.26. The lowest BCUT2D eigenvalue weighted by molar-refractivity contribution is -0.0484. The zero-order valence-electron chi connectivity index (χ0n) is 19.0. The first-order chi connectivity index (χ1) is 15.4. The highest BCUT2D eigenvalue weighted by molar-refractivity contribution is 5.31. The van der Waals surface area contributed by atoms with Gasteiger partial charge in [-0.15, -0.1) is 0 Å². The monoisotopic (exact) mass is 429 g/mol. The number of benzene rings is 1. The van der Waals surface area contributed by atoms with E-state index in [1.54, 1.807) is 0 Å². The van der Waals surface area contributed by atoms with E-state index in [9.17, 15) is 5.26 Å². The fourth-order valence-electron chi connectivity index (χ4n) is 4.76. The van der Waals surface area contributed by atoms with Gasteiger partial charge in [0.1, 0.15) is 0 Å². The van der Waals surface area contributed by atoms with Gasteiger partial charge < -0.3 is 4.74 Å². The van der Waals surface area contributed by atoms with Crippen LogP contribution in [0, 0.1) is 28.1 Å². The molecule has 1 aromatic carbocycles. The van der Waals surface area contributed by atoms with Crippen LogP contribution in [-0.2, 0) is 16.7 Å². The maximum Gasteiger partial charge on any atom is 0.153 e. The van der Waals surface area contributed by atoms with Crippen LogP contribution in [-0.4, -0.2) is 48.3 Å². The molecule has 4 rings (SSSR count). The van der Waals surface area contributed by atoms with E-state index in [0.717, 1.165) is 44.6 Å².